The number of aliphatic carboxylic acids is 2. The van der Waals surface area contributed by atoms with Crippen LogP contribution in [0.1, 0.15) is 75.8 Å². The Balaban J connectivity index is 1.31. The first-order chi connectivity index (χ1) is 25.8. The van der Waals surface area contributed by atoms with Crippen LogP contribution < -0.4 is 31.2 Å². The van der Waals surface area contributed by atoms with Crippen LogP contribution in [0.15, 0.2) is 36.1 Å². The van der Waals surface area contributed by atoms with Crippen molar-refractivity contribution >= 4 is 35.8 Å². The molecule has 0 bridgehead atoms. The molecule has 2 aliphatic carbocycles. The van der Waals surface area contributed by atoms with E-state index in [9.17, 15) is 33.9 Å². The molecule has 1 saturated heterocycles. The summed E-state index contributed by atoms with van der Waals surface area (Å²) in [5, 5.41) is 26.2. The number of unbranched alkanes of at least 4 members (excludes halogenated alkanes) is 1. The third kappa shape index (κ3) is 8.32. The normalized spacial score (nSPS) is 24.5. The van der Waals surface area contributed by atoms with E-state index < -0.39 is 78.2 Å². The Labute approximate surface area is 313 Å². The predicted octanol–water partition coefficient (Wildman–Crippen LogP) is 2.13. The van der Waals surface area contributed by atoms with Gasteiger partial charge in [-0.15, -0.1) is 0 Å². The average molecular weight is 754 g/mol. The number of methoxy groups -OCH3 is 1. The Morgan fingerprint density at radius 2 is 1.91 bits per heavy atom. The molecule has 1 spiro atoms. The molecular formula is C38H51N5O11. The van der Waals surface area contributed by atoms with Gasteiger partial charge in [0.1, 0.15) is 18.2 Å². The molecule has 2 fully saturated rings. The number of fused-ring (bicyclic) bond motifs is 1. The zero-order valence-corrected chi connectivity index (χ0v) is 30.8. The van der Waals surface area contributed by atoms with Crippen LogP contribution in [0, 0.1) is 11.8 Å². The minimum Gasteiger partial charge on any atom is -0.493 e. The summed E-state index contributed by atoms with van der Waals surface area (Å²) >= 11 is 0. The van der Waals surface area contributed by atoms with Crippen molar-refractivity contribution in [3.05, 3.63) is 47.2 Å². The number of amides is 4. The van der Waals surface area contributed by atoms with Crippen molar-refractivity contribution in [2.45, 2.75) is 94.7 Å². The second-order valence-corrected chi connectivity index (χ2v) is 14.3. The molecule has 0 aromatic heterocycles. The summed E-state index contributed by atoms with van der Waals surface area (Å²) in [5.41, 5.74) is 8.45. The molecule has 1 aromatic carbocycles. The smallest absolute Gasteiger partial charge is 0.415 e. The van der Waals surface area contributed by atoms with E-state index in [1.54, 1.807) is 7.11 Å². The number of carbonyl (C=O) groups excluding carboxylic acids is 4. The molecular weight excluding hydrogens is 702 g/mol. The van der Waals surface area contributed by atoms with Gasteiger partial charge in [-0.2, -0.15) is 0 Å². The van der Waals surface area contributed by atoms with E-state index in [-0.39, 0.29) is 38.3 Å². The number of carbonyl (C=O) groups is 6. The number of likely N-dealkylation sites (tertiary alicyclic amines) is 1. The maximum atomic E-state index is 14.1. The summed E-state index contributed by atoms with van der Waals surface area (Å²) in [7, 11) is 1.59. The molecule has 7 N–H and O–H groups in total. The SMILES string of the molecule is C=C1CC[C@]23c4c(CC)ccc(OC)c4O[C@@H]2C(OC(=O)N2CCC(C(=O)O)CC2CNC(=O)[C@H](CCCCN)NC(=O)CNC(=O)CC(=O)O)=CCC13. The van der Waals surface area contributed by atoms with E-state index in [2.05, 4.69) is 35.5 Å². The summed E-state index contributed by atoms with van der Waals surface area (Å²) in [6.07, 6.45) is 4.22. The fraction of sp³-hybridized carbons (Fsp3) is 0.579. The number of nitrogens with two attached hydrogens (primary N) is 1. The largest absolute Gasteiger partial charge is 0.493 e. The summed E-state index contributed by atoms with van der Waals surface area (Å²) in [5.74, 6) is -3.59. The molecule has 4 aliphatic rings. The average Bonchev–Trinajstić information content (AvgIpc) is 3.68. The van der Waals surface area contributed by atoms with Crippen LogP contribution in [0.2, 0.25) is 0 Å². The van der Waals surface area contributed by atoms with Crippen LogP contribution in [-0.4, -0.2) is 102 Å². The van der Waals surface area contributed by atoms with Crippen molar-refractivity contribution in [2.24, 2.45) is 17.6 Å². The van der Waals surface area contributed by atoms with E-state index in [1.165, 1.54) is 4.90 Å². The minimum absolute atomic E-state index is 0.0534. The van der Waals surface area contributed by atoms with Crippen LogP contribution in [0.3, 0.4) is 0 Å². The van der Waals surface area contributed by atoms with Gasteiger partial charge in [0, 0.05) is 18.7 Å². The van der Waals surface area contributed by atoms with Crippen molar-refractivity contribution in [1.29, 1.82) is 0 Å². The number of allylic oxidation sites excluding steroid dienone is 2. The fourth-order valence-electron chi connectivity index (χ4n) is 8.46. The molecule has 2 heterocycles. The van der Waals surface area contributed by atoms with Gasteiger partial charge in [-0.1, -0.05) is 25.1 Å². The van der Waals surface area contributed by atoms with Gasteiger partial charge in [0.05, 0.1) is 31.0 Å². The lowest BCUT2D eigenvalue weighted by molar-refractivity contribution is -0.144. The highest BCUT2D eigenvalue weighted by Crippen LogP contribution is 2.64. The van der Waals surface area contributed by atoms with Crippen molar-refractivity contribution < 1.29 is 53.2 Å². The van der Waals surface area contributed by atoms with Gasteiger partial charge < -0.3 is 51.0 Å². The predicted molar refractivity (Wildman–Crippen MR) is 193 cm³/mol. The van der Waals surface area contributed by atoms with Crippen LogP contribution in [-0.2, 0) is 40.5 Å². The molecule has 16 nitrogen and oxygen atoms in total. The van der Waals surface area contributed by atoms with E-state index in [1.807, 2.05) is 12.1 Å². The van der Waals surface area contributed by atoms with Gasteiger partial charge >= 0.3 is 18.0 Å². The van der Waals surface area contributed by atoms with Gasteiger partial charge in [0.25, 0.3) is 0 Å². The summed E-state index contributed by atoms with van der Waals surface area (Å²) in [4.78, 5) is 76.1. The lowest BCUT2D eigenvalue weighted by atomic mass is 9.63. The molecule has 6 atom stereocenters. The molecule has 1 aromatic rings. The molecule has 2 aliphatic heterocycles. The number of aryl methyl sites for hydroxylation is 1. The van der Waals surface area contributed by atoms with E-state index in [4.69, 9.17) is 25.1 Å². The molecule has 294 valence electrons. The first kappa shape index (κ1) is 40.1. The first-order valence-electron chi connectivity index (χ1n) is 18.6. The number of hydrogen-bond donors (Lipinski definition) is 6. The third-order valence-electron chi connectivity index (χ3n) is 11.1. The Hall–Kier alpha value is -5.12. The van der Waals surface area contributed by atoms with Crippen molar-refractivity contribution in [1.82, 2.24) is 20.9 Å². The van der Waals surface area contributed by atoms with E-state index >= 15 is 0 Å². The quantitative estimate of drug-likeness (QED) is 0.0810. The number of benzene rings is 1. The van der Waals surface area contributed by atoms with Crippen LogP contribution in [0.25, 0.3) is 0 Å². The molecule has 1 saturated carbocycles. The van der Waals surface area contributed by atoms with Crippen molar-refractivity contribution in [2.75, 3.05) is 33.3 Å². The van der Waals surface area contributed by atoms with Crippen molar-refractivity contribution in [3.8, 4) is 11.5 Å². The Morgan fingerprint density at radius 1 is 1.13 bits per heavy atom. The number of ether oxygens (including phenoxy) is 3. The lowest BCUT2D eigenvalue weighted by Crippen LogP contribution is -2.55. The number of hydrogen-bond acceptors (Lipinski definition) is 10. The number of rotatable bonds is 16. The number of carboxylic acids is 2. The van der Waals surface area contributed by atoms with Gasteiger partial charge in [-0.05, 0) is 88.0 Å². The zero-order valence-electron chi connectivity index (χ0n) is 30.8. The molecule has 54 heavy (non-hydrogen) atoms. The summed E-state index contributed by atoms with van der Waals surface area (Å²) in [6.45, 7) is 6.25. The number of piperidine rings is 1. The van der Waals surface area contributed by atoms with Gasteiger partial charge in [0.15, 0.2) is 17.6 Å². The number of nitrogens with one attached hydrogen (secondary N) is 3. The van der Waals surface area contributed by atoms with Crippen LogP contribution >= 0.6 is 0 Å². The Kier molecular flexibility index (Phi) is 12.9. The van der Waals surface area contributed by atoms with Crippen LogP contribution in [0.5, 0.6) is 11.5 Å². The first-order valence-corrected chi connectivity index (χ1v) is 18.6. The monoisotopic (exact) mass is 753 g/mol. The second-order valence-electron chi connectivity index (χ2n) is 14.3. The van der Waals surface area contributed by atoms with E-state index in [0.29, 0.717) is 43.1 Å². The topological polar surface area (TPSA) is 236 Å². The van der Waals surface area contributed by atoms with Gasteiger partial charge in [-0.3, -0.25) is 24.0 Å². The molecule has 16 heteroatoms. The number of nitrogens with zero attached hydrogens (tertiary/aromatic N) is 1. The highest BCUT2D eigenvalue weighted by Gasteiger charge is 2.62. The van der Waals surface area contributed by atoms with Crippen molar-refractivity contribution in [3.63, 3.8) is 0 Å². The molecule has 0 radical (unpaired) electrons. The van der Waals surface area contributed by atoms with Gasteiger partial charge in [-0.25, -0.2) is 4.79 Å². The Bertz CT molecular complexity index is 1690. The second kappa shape index (κ2) is 17.3. The highest BCUT2D eigenvalue weighted by molar-refractivity contribution is 5.95. The maximum absolute atomic E-state index is 14.1. The summed E-state index contributed by atoms with van der Waals surface area (Å²) in [6, 6.07) is 2.15. The molecule has 4 amide bonds. The minimum atomic E-state index is -1.35. The highest BCUT2D eigenvalue weighted by atomic mass is 16.6. The molecule has 3 unspecified atom stereocenters. The standard InChI is InChI=1S/C38H51N5O11/c1-4-22-8-10-27(52-3)33-32(22)38-14-12-21(2)25(38)9-11-28(34(38)54-33)53-37(51)43-16-13-23(36(49)50)17-24(43)19-41-35(48)26(7-5-6-15-39)42-30(45)20-40-29(44)18-31(46)47/h8,10-11,23-26,34H,2,4-7,9,12-20,39H2,1,3H3,(H,40,44)(H,41,48)(H,42,45)(H,46,47)(H,49,50)/t23?,24?,25?,26-,34+,38-/m0/s1. The Morgan fingerprint density at radius 3 is 2.59 bits per heavy atom. The number of carboxylic acid groups (broad SMARTS) is 2. The third-order valence-corrected chi connectivity index (χ3v) is 11.1. The summed E-state index contributed by atoms with van der Waals surface area (Å²) < 4.78 is 18.6. The lowest BCUT2D eigenvalue weighted by Gasteiger charge is -2.42. The fourth-order valence-corrected chi connectivity index (χ4v) is 8.46. The van der Waals surface area contributed by atoms with Gasteiger partial charge in [0.2, 0.25) is 17.7 Å². The molecule has 5 rings (SSSR count). The maximum Gasteiger partial charge on any atom is 0.415 e. The zero-order chi connectivity index (χ0) is 39.2. The van der Waals surface area contributed by atoms with E-state index in [0.717, 1.165) is 36.0 Å². The van der Waals surface area contributed by atoms with Crippen LogP contribution in [0.4, 0.5) is 4.79 Å².